The summed E-state index contributed by atoms with van der Waals surface area (Å²) in [6.45, 7) is 3.21. The first-order chi connectivity index (χ1) is 11.7. The fraction of sp³-hybridized carbons (Fsp3) is 0.294. The fourth-order valence-corrected chi connectivity index (χ4v) is 2.42. The highest BCUT2D eigenvalue weighted by Gasteiger charge is 2.10. The van der Waals surface area contributed by atoms with E-state index in [2.05, 4.69) is 22.5 Å². The van der Waals surface area contributed by atoms with Gasteiger partial charge in [-0.3, -0.25) is 4.68 Å². The van der Waals surface area contributed by atoms with Gasteiger partial charge in [-0.1, -0.05) is 23.7 Å². The summed E-state index contributed by atoms with van der Waals surface area (Å²) in [7, 11) is 1.86. The normalized spacial score (nSPS) is 10.8. The Bertz CT molecular complexity index is 813. The van der Waals surface area contributed by atoms with Crippen molar-refractivity contribution in [3.05, 3.63) is 47.4 Å². The van der Waals surface area contributed by atoms with Crippen LogP contribution in [-0.4, -0.2) is 21.5 Å². The summed E-state index contributed by atoms with van der Waals surface area (Å²) in [4.78, 5) is 0. The summed E-state index contributed by atoms with van der Waals surface area (Å²) < 4.78 is 12.8. The second-order valence-electron chi connectivity index (χ2n) is 5.42. The zero-order valence-electron chi connectivity index (χ0n) is 13.6. The molecule has 0 aliphatic rings. The van der Waals surface area contributed by atoms with Gasteiger partial charge in [0.05, 0.1) is 25.0 Å². The van der Waals surface area contributed by atoms with Crippen molar-refractivity contribution in [1.29, 1.82) is 0 Å². The van der Waals surface area contributed by atoms with E-state index in [1.165, 1.54) is 0 Å². The summed E-state index contributed by atoms with van der Waals surface area (Å²) in [5.41, 5.74) is 2.51. The van der Waals surface area contributed by atoms with Gasteiger partial charge in [0.1, 0.15) is 11.4 Å². The Morgan fingerprint density at radius 1 is 1.33 bits per heavy atom. The molecule has 3 rings (SSSR count). The maximum absolute atomic E-state index is 6.08. The maximum atomic E-state index is 6.08. The lowest BCUT2D eigenvalue weighted by molar-refractivity contribution is 0.318. The summed E-state index contributed by atoms with van der Waals surface area (Å²) in [5, 5.41) is 12.1. The van der Waals surface area contributed by atoms with Crippen LogP contribution in [0.3, 0.4) is 0 Å². The Morgan fingerprint density at radius 2 is 2.21 bits per heavy atom. The van der Waals surface area contributed by atoms with Crippen LogP contribution in [0.15, 0.2) is 41.2 Å². The van der Waals surface area contributed by atoms with Gasteiger partial charge in [0, 0.05) is 29.9 Å². The second kappa shape index (κ2) is 7.40. The molecule has 0 spiro atoms. The Hall–Kier alpha value is -2.47. The topological polar surface area (TPSA) is 65.1 Å². The van der Waals surface area contributed by atoms with E-state index in [9.17, 15) is 0 Å². The van der Waals surface area contributed by atoms with Crippen LogP contribution in [-0.2, 0) is 13.6 Å². The molecule has 0 bridgehead atoms. The summed E-state index contributed by atoms with van der Waals surface area (Å²) >= 11 is 6.08. The minimum absolute atomic E-state index is 0.482. The molecule has 24 heavy (non-hydrogen) atoms. The van der Waals surface area contributed by atoms with Crippen LogP contribution in [0.25, 0.3) is 11.3 Å². The minimum atomic E-state index is 0.482. The lowest BCUT2D eigenvalue weighted by Crippen LogP contribution is -2.03. The van der Waals surface area contributed by atoms with E-state index in [1.807, 2.05) is 37.5 Å². The van der Waals surface area contributed by atoms with Gasteiger partial charge in [-0.2, -0.15) is 5.10 Å². The van der Waals surface area contributed by atoms with Gasteiger partial charge in [-0.15, -0.1) is 0 Å². The first kappa shape index (κ1) is 16.4. The molecule has 7 heteroatoms. The van der Waals surface area contributed by atoms with Crippen molar-refractivity contribution in [3.8, 4) is 17.0 Å². The quantitative estimate of drug-likeness (QED) is 0.696. The van der Waals surface area contributed by atoms with Crippen molar-refractivity contribution in [2.45, 2.75) is 19.9 Å². The van der Waals surface area contributed by atoms with Crippen molar-refractivity contribution in [1.82, 2.24) is 14.9 Å². The summed E-state index contributed by atoms with van der Waals surface area (Å²) in [6, 6.07) is 7.40. The highest BCUT2D eigenvalue weighted by molar-refractivity contribution is 6.30. The highest BCUT2D eigenvalue weighted by Crippen LogP contribution is 2.29. The molecule has 1 aromatic carbocycles. The van der Waals surface area contributed by atoms with Crippen LogP contribution in [0, 0.1) is 0 Å². The van der Waals surface area contributed by atoms with E-state index in [1.54, 1.807) is 10.9 Å². The molecule has 2 aromatic heterocycles. The van der Waals surface area contributed by atoms with Crippen LogP contribution in [0.1, 0.15) is 19.1 Å². The van der Waals surface area contributed by atoms with E-state index in [0.29, 0.717) is 18.2 Å². The molecular weight excluding hydrogens is 328 g/mol. The Labute approximate surface area is 145 Å². The van der Waals surface area contributed by atoms with E-state index in [4.69, 9.17) is 20.9 Å². The van der Waals surface area contributed by atoms with Gasteiger partial charge in [0.25, 0.3) is 0 Å². The number of rotatable bonds is 7. The van der Waals surface area contributed by atoms with E-state index < -0.39 is 0 Å². The van der Waals surface area contributed by atoms with E-state index in [-0.39, 0.29) is 0 Å². The number of nitrogens with one attached hydrogen (secondary N) is 1. The third kappa shape index (κ3) is 3.89. The first-order valence-corrected chi connectivity index (χ1v) is 8.14. The zero-order chi connectivity index (χ0) is 16.9. The lowest BCUT2D eigenvalue weighted by Gasteiger charge is -2.12. The molecule has 0 saturated carbocycles. The Kier molecular flexibility index (Phi) is 5.05. The monoisotopic (exact) mass is 346 g/mol. The molecule has 0 aliphatic heterocycles. The zero-order valence-corrected chi connectivity index (χ0v) is 14.4. The van der Waals surface area contributed by atoms with Crippen LogP contribution in [0.2, 0.25) is 5.02 Å². The van der Waals surface area contributed by atoms with Gasteiger partial charge < -0.3 is 14.6 Å². The number of halogens is 1. The smallest absolute Gasteiger partial charge is 0.156 e. The van der Waals surface area contributed by atoms with E-state index in [0.717, 1.165) is 34.9 Å². The maximum Gasteiger partial charge on any atom is 0.156 e. The first-order valence-electron chi connectivity index (χ1n) is 7.76. The minimum Gasteiger partial charge on any atom is -0.491 e. The van der Waals surface area contributed by atoms with Crippen molar-refractivity contribution in [2.75, 3.05) is 11.9 Å². The second-order valence-corrected chi connectivity index (χ2v) is 5.86. The number of anilines is 1. The molecule has 0 radical (unpaired) electrons. The number of hydrogen-bond donors (Lipinski definition) is 1. The van der Waals surface area contributed by atoms with Crippen molar-refractivity contribution in [3.63, 3.8) is 0 Å². The average Bonchev–Trinajstić information content (AvgIpc) is 3.20. The molecule has 2 heterocycles. The van der Waals surface area contributed by atoms with Gasteiger partial charge in [0.2, 0.25) is 0 Å². The summed E-state index contributed by atoms with van der Waals surface area (Å²) in [5.74, 6) is 1.49. The molecule has 0 amide bonds. The SMILES string of the molecule is CCCOc1ccc(Cl)cc1NCc1cc(-c2cnn(C)c2)no1. The molecule has 0 saturated heterocycles. The molecule has 1 N–H and O–H groups in total. The largest absolute Gasteiger partial charge is 0.491 e. The molecule has 0 aliphatic carbocycles. The van der Waals surface area contributed by atoms with Crippen molar-refractivity contribution < 1.29 is 9.26 Å². The van der Waals surface area contributed by atoms with E-state index >= 15 is 0 Å². The number of ether oxygens (including phenoxy) is 1. The predicted molar refractivity (Wildman–Crippen MR) is 93.3 cm³/mol. The average molecular weight is 347 g/mol. The molecule has 0 fully saturated rings. The Balaban J connectivity index is 1.69. The number of nitrogens with zero attached hydrogens (tertiary/aromatic N) is 3. The molecule has 0 atom stereocenters. The Morgan fingerprint density at radius 3 is 2.96 bits per heavy atom. The van der Waals surface area contributed by atoms with Crippen LogP contribution in [0.4, 0.5) is 5.69 Å². The number of aromatic nitrogens is 3. The molecule has 6 nitrogen and oxygen atoms in total. The third-order valence-electron chi connectivity index (χ3n) is 3.42. The van der Waals surface area contributed by atoms with Gasteiger partial charge in [-0.25, -0.2) is 0 Å². The van der Waals surface area contributed by atoms with Gasteiger partial charge in [0.15, 0.2) is 5.76 Å². The van der Waals surface area contributed by atoms with Crippen molar-refractivity contribution in [2.24, 2.45) is 7.05 Å². The number of hydrogen-bond acceptors (Lipinski definition) is 5. The van der Waals surface area contributed by atoms with Crippen LogP contribution in [0.5, 0.6) is 5.75 Å². The van der Waals surface area contributed by atoms with Crippen molar-refractivity contribution >= 4 is 17.3 Å². The van der Waals surface area contributed by atoms with Crippen LogP contribution < -0.4 is 10.1 Å². The standard InChI is InChI=1S/C17H19ClN4O2/c1-3-6-23-17-5-4-13(18)7-16(17)19-10-14-8-15(21-24-14)12-9-20-22(2)11-12/h4-5,7-9,11,19H,3,6,10H2,1-2H3. The molecule has 0 unspecified atom stereocenters. The molecule has 126 valence electrons. The van der Waals surface area contributed by atoms with Crippen LogP contribution >= 0.6 is 11.6 Å². The number of benzene rings is 1. The third-order valence-corrected chi connectivity index (χ3v) is 3.65. The lowest BCUT2D eigenvalue weighted by atomic mass is 10.2. The van der Waals surface area contributed by atoms with Gasteiger partial charge in [-0.05, 0) is 24.6 Å². The molecular formula is C17H19ClN4O2. The molecule has 3 aromatic rings. The number of aryl methyl sites for hydroxylation is 1. The van der Waals surface area contributed by atoms with Gasteiger partial charge >= 0.3 is 0 Å². The highest BCUT2D eigenvalue weighted by atomic mass is 35.5. The fourth-order valence-electron chi connectivity index (χ4n) is 2.25. The summed E-state index contributed by atoms with van der Waals surface area (Å²) in [6.07, 6.45) is 4.59. The predicted octanol–water partition coefficient (Wildman–Crippen LogP) is 4.13.